The molecule has 7 heteroatoms. The molecular formula is C14H17N3O3S. The van der Waals surface area contributed by atoms with Crippen molar-refractivity contribution in [3.05, 3.63) is 29.8 Å². The Kier molecular flexibility index (Phi) is 3.92. The minimum atomic E-state index is -1.19. The predicted molar refractivity (Wildman–Crippen MR) is 77.9 cm³/mol. The monoisotopic (exact) mass is 307 g/mol. The van der Waals surface area contributed by atoms with Gasteiger partial charge in [-0.1, -0.05) is 0 Å². The van der Waals surface area contributed by atoms with E-state index in [1.54, 1.807) is 6.07 Å². The summed E-state index contributed by atoms with van der Waals surface area (Å²) in [5.41, 5.74) is 0. The first kappa shape index (κ1) is 14.1. The van der Waals surface area contributed by atoms with Gasteiger partial charge in [0.05, 0.1) is 29.8 Å². The molecule has 0 saturated carbocycles. The number of aryl methyl sites for hydroxylation is 1. The van der Waals surface area contributed by atoms with Crippen molar-refractivity contribution in [3.63, 3.8) is 0 Å². The fraction of sp³-hybridized carbons (Fsp3) is 0.429. The number of benzene rings is 1. The number of fused-ring (bicyclic) bond motifs is 1. The van der Waals surface area contributed by atoms with Crippen molar-refractivity contribution in [2.45, 2.75) is 24.0 Å². The standard InChI is InChI=1S/C14H17N3O3S/c1-10-15-16-14(17(10)2)9-21(18)11-4-5-12-13(8-11)20-7-3-6-19-12/h4-5,8H,3,6-7,9H2,1-2H3/t21-/m1/s1. The summed E-state index contributed by atoms with van der Waals surface area (Å²) in [6, 6.07) is 5.42. The number of hydrogen-bond acceptors (Lipinski definition) is 5. The molecule has 1 aliphatic rings. The van der Waals surface area contributed by atoms with Crippen molar-refractivity contribution in [1.29, 1.82) is 0 Å². The molecule has 0 saturated heterocycles. The molecule has 3 rings (SSSR count). The fourth-order valence-corrected chi connectivity index (χ4v) is 3.17. The van der Waals surface area contributed by atoms with Crippen LogP contribution in [0.5, 0.6) is 11.5 Å². The quantitative estimate of drug-likeness (QED) is 0.861. The second-order valence-electron chi connectivity index (χ2n) is 4.87. The third kappa shape index (κ3) is 2.92. The highest BCUT2D eigenvalue weighted by molar-refractivity contribution is 7.84. The maximum absolute atomic E-state index is 12.5. The second kappa shape index (κ2) is 5.85. The zero-order chi connectivity index (χ0) is 14.8. The van der Waals surface area contributed by atoms with E-state index in [-0.39, 0.29) is 0 Å². The van der Waals surface area contributed by atoms with Crippen molar-refractivity contribution in [2.75, 3.05) is 13.2 Å². The molecule has 2 heterocycles. The van der Waals surface area contributed by atoms with Crippen LogP contribution in [0.15, 0.2) is 23.1 Å². The number of rotatable bonds is 3. The van der Waals surface area contributed by atoms with Gasteiger partial charge in [0.15, 0.2) is 11.5 Å². The normalized spacial score (nSPS) is 15.5. The van der Waals surface area contributed by atoms with Gasteiger partial charge in [-0.3, -0.25) is 4.21 Å². The second-order valence-corrected chi connectivity index (χ2v) is 6.32. The van der Waals surface area contributed by atoms with Gasteiger partial charge in [-0.15, -0.1) is 10.2 Å². The molecule has 0 amide bonds. The summed E-state index contributed by atoms with van der Waals surface area (Å²) in [5.74, 6) is 3.21. The van der Waals surface area contributed by atoms with E-state index in [1.807, 2.05) is 30.7 Å². The van der Waals surface area contributed by atoms with E-state index < -0.39 is 10.8 Å². The van der Waals surface area contributed by atoms with Gasteiger partial charge >= 0.3 is 0 Å². The van der Waals surface area contributed by atoms with Gasteiger partial charge in [0.1, 0.15) is 11.6 Å². The highest BCUT2D eigenvalue weighted by Crippen LogP contribution is 2.31. The predicted octanol–water partition coefficient (Wildman–Crippen LogP) is 1.59. The minimum Gasteiger partial charge on any atom is -0.490 e. The smallest absolute Gasteiger partial charge is 0.162 e. The maximum Gasteiger partial charge on any atom is 0.162 e. The van der Waals surface area contributed by atoms with Gasteiger partial charge in [-0.25, -0.2) is 0 Å². The van der Waals surface area contributed by atoms with Gasteiger partial charge in [0.25, 0.3) is 0 Å². The number of nitrogens with zero attached hydrogens (tertiary/aromatic N) is 3. The van der Waals surface area contributed by atoms with Crippen molar-refractivity contribution in [3.8, 4) is 11.5 Å². The van der Waals surface area contributed by atoms with Gasteiger partial charge in [-0.05, 0) is 19.1 Å². The first-order valence-corrected chi connectivity index (χ1v) is 8.10. The van der Waals surface area contributed by atoms with Crippen molar-refractivity contribution in [1.82, 2.24) is 14.8 Å². The first-order chi connectivity index (χ1) is 10.1. The number of ether oxygens (including phenoxy) is 2. The zero-order valence-corrected chi connectivity index (χ0v) is 12.9. The molecule has 0 spiro atoms. The van der Waals surface area contributed by atoms with Crippen LogP contribution in [-0.2, 0) is 23.6 Å². The van der Waals surface area contributed by atoms with E-state index in [2.05, 4.69) is 10.2 Å². The van der Waals surface area contributed by atoms with Crippen molar-refractivity contribution >= 4 is 10.8 Å². The van der Waals surface area contributed by atoms with E-state index >= 15 is 0 Å². The van der Waals surface area contributed by atoms with E-state index in [0.29, 0.717) is 41.2 Å². The van der Waals surface area contributed by atoms with E-state index in [0.717, 1.165) is 12.2 Å². The Morgan fingerprint density at radius 2 is 2.00 bits per heavy atom. The number of hydrogen-bond donors (Lipinski definition) is 0. The number of aromatic nitrogens is 3. The van der Waals surface area contributed by atoms with Crippen molar-refractivity contribution < 1.29 is 13.7 Å². The fourth-order valence-electron chi connectivity index (χ4n) is 2.06. The minimum absolute atomic E-state index is 0.330. The molecule has 112 valence electrons. The molecular weight excluding hydrogens is 290 g/mol. The lowest BCUT2D eigenvalue weighted by atomic mass is 10.3. The summed E-state index contributed by atoms with van der Waals surface area (Å²) in [5, 5.41) is 8.03. The van der Waals surface area contributed by atoms with Crippen LogP contribution in [0.4, 0.5) is 0 Å². The summed E-state index contributed by atoms with van der Waals surface area (Å²) in [6.07, 6.45) is 0.852. The summed E-state index contributed by atoms with van der Waals surface area (Å²) in [4.78, 5) is 0.708. The highest BCUT2D eigenvalue weighted by atomic mass is 32.2. The van der Waals surface area contributed by atoms with Crippen LogP contribution in [0.2, 0.25) is 0 Å². The molecule has 1 atom stereocenters. The molecule has 0 fully saturated rings. The SMILES string of the molecule is Cc1nnc(C[S@@](=O)c2ccc3c(c2)OCCCO3)n1C. The lowest BCUT2D eigenvalue weighted by molar-refractivity contribution is 0.297. The average molecular weight is 307 g/mol. The molecule has 0 N–H and O–H groups in total. The largest absolute Gasteiger partial charge is 0.490 e. The molecule has 21 heavy (non-hydrogen) atoms. The van der Waals surface area contributed by atoms with Crippen LogP contribution in [0.25, 0.3) is 0 Å². The first-order valence-electron chi connectivity index (χ1n) is 6.78. The molecule has 0 aliphatic carbocycles. The Morgan fingerprint density at radius 3 is 2.71 bits per heavy atom. The Morgan fingerprint density at radius 1 is 1.24 bits per heavy atom. The molecule has 0 bridgehead atoms. The zero-order valence-electron chi connectivity index (χ0n) is 12.0. The van der Waals surface area contributed by atoms with Crippen LogP contribution < -0.4 is 9.47 Å². The highest BCUT2D eigenvalue weighted by Gasteiger charge is 2.15. The third-order valence-electron chi connectivity index (χ3n) is 3.42. The van der Waals surface area contributed by atoms with Gasteiger partial charge < -0.3 is 14.0 Å². The van der Waals surface area contributed by atoms with E-state index in [4.69, 9.17) is 9.47 Å². The lowest BCUT2D eigenvalue weighted by Gasteiger charge is -2.09. The Hall–Kier alpha value is -1.89. The Bertz CT molecular complexity index is 684. The van der Waals surface area contributed by atoms with Crippen LogP contribution in [0.3, 0.4) is 0 Å². The molecule has 1 aliphatic heterocycles. The molecule has 2 aromatic rings. The van der Waals surface area contributed by atoms with Crippen molar-refractivity contribution in [2.24, 2.45) is 7.05 Å². The Labute approximate surface area is 125 Å². The molecule has 6 nitrogen and oxygen atoms in total. The van der Waals surface area contributed by atoms with Crippen LogP contribution in [-0.4, -0.2) is 32.2 Å². The lowest BCUT2D eigenvalue weighted by Crippen LogP contribution is -2.05. The molecule has 0 radical (unpaired) electrons. The summed E-state index contributed by atoms with van der Waals surface area (Å²) >= 11 is 0. The van der Waals surface area contributed by atoms with Gasteiger partial charge in [0, 0.05) is 24.4 Å². The third-order valence-corrected chi connectivity index (χ3v) is 4.72. The molecule has 0 unspecified atom stereocenters. The van der Waals surface area contributed by atoms with Crippen LogP contribution >= 0.6 is 0 Å². The van der Waals surface area contributed by atoms with Crippen LogP contribution in [0, 0.1) is 6.92 Å². The topological polar surface area (TPSA) is 66.2 Å². The summed E-state index contributed by atoms with van der Waals surface area (Å²) < 4.78 is 25.5. The summed E-state index contributed by atoms with van der Waals surface area (Å²) in [7, 11) is 0.677. The van der Waals surface area contributed by atoms with Gasteiger partial charge in [-0.2, -0.15) is 0 Å². The van der Waals surface area contributed by atoms with Gasteiger partial charge in [0.2, 0.25) is 0 Å². The van der Waals surface area contributed by atoms with E-state index in [9.17, 15) is 4.21 Å². The maximum atomic E-state index is 12.5. The summed E-state index contributed by atoms with van der Waals surface area (Å²) in [6.45, 7) is 3.13. The Balaban J connectivity index is 1.82. The molecule has 1 aromatic carbocycles. The van der Waals surface area contributed by atoms with E-state index in [1.165, 1.54) is 0 Å². The van der Waals surface area contributed by atoms with Crippen LogP contribution in [0.1, 0.15) is 18.1 Å². The molecule has 1 aromatic heterocycles. The average Bonchev–Trinajstić information content (AvgIpc) is 2.71.